The number of nitrogens with two attached hydrogens (primary N) is 1. The summed E-state index contributed by atoms with van der Waals surface area (Å²) in [7, 11) is 0. The summed E-state index contributed by atoms with van der Waals surface area (Å²) in [5.41, 5.74) is 4.60. The summed E-state index contributed by atoms with van der Waals surface area (Å²) < 4.78 is 0. The van der Waals surface area contributed by atoms with Gasteiger partial charge in [-0.25, -0.2) is 4.79 Å². The molecule has 1 radical (unpaired) electrons. The lowest BCUT2D eigenvalue weighted by Gasteiger charge is -2.22. The lowest BCUT2D eigenvalue weighted by atomic mass is 10.0. The Hall–Kier alpha value is -0.730. The van der Waals surface area contributed by atoms with Crippen molar-refractivity contribution in [3.05, 3.63) is 6.92 Å². The zero-order valence-electron chi connectivity index (χ0n) is 5.90. The highest BCUT2D eigenvalue weighted by atomic mass is 16.2. The Balaban J connectivity index is 3.71. The molecule has 0 unspecified atom stereocenters. The lowest BCUT2D eigenvalue weighted by Crippen LogP contribution is -2.45. The van der Waals surface area contributed by atoms with Gasteiger partial charge in [0.15, 0.2) is 0 Å². The fourth-order valence-corrected chi connectivity index (χ4v) is 0.396. The molecule has 53 valence electrons. The summed E-state index contributed by atoms with van der Waals surface area (Å²) in [6.07, 6.45) is 0.635. The quantitative estimate of drug-likeness (QED) is 0.565. The van der Waals surface area contributed by atoms with Crippen LogP contribution in [0, 0.1) is 6.92 Å². The van der Waals surface area contributed by atoms with E-state index in [2.05, 4.69) is 12.2 Å². The normalized spacial score (nSPS) is 11.0. The molecule has 3 N–H and O–H groups in total. The summed E-state index contributed by atoms with van der Waals surface area (Å²) >= 11 is 0. The molecule has 0 aromatic heterocycles. The Bertz CT molecular complexity index is 110. The molecule has 0 aromatic carbocycles. The SMILES string of the molecule is [CH2]CC(C)(C)NC(N)=O. The number of hydrogen-bond acceptors (Lipinski definition) is 1. The van der Waals surface area contributed by atoms with E-state index in [0.29, 0.717) is 6.42 Å². The van der Waals surface area contributed by atoms with E-state index in [0.717, 1.165) is 0 Å². The number of urea groups is 1. The van der Waals surface area contributed by atoms with Crippen molar-refractivity contribution in [1.29, 1.82) is 0 Å². The van der Waals surface area contributed by atoms with E-state index in [1.807, 2.05) is 13.8 Å². The minimum atomic E-state index is -0.497. The number of primary amides is 1. The highest BCUT2D eigenvalue weighted by molar-refractivity contribution is 5.72. The number of nitrogens with one attached hydrogen (secondary N) is 1. The predicted molar refractivity (Wildman–Crippen MR) is 36.8 cm³/mol. The van der Waals surface area contributed by atoms with Crippen molar-refractivity contribution in [3.8, 4) is 0 Å². The minimum Gasteiger partial charge on any atom is -0.352 e. The van der Waals surface area contributed by atoms with Gasteiger partial charge in [-0.15, -0.1) is 0 Å². The van der Waals surface area contributed by atoms with Gasteiger partial charge in [-0.05, 0) is 20.3 Å². The van der Waals surface area contributed by atoms with E-state index in [9.17, 15) is 4.79 Å². The molecule has 0 aliphatic carbocycles. The van der Waals surface area contributed by atoms with Crippen LogP contribution in [0.2, 0.25) is 0 Å². The van der Waals surface area contributed by atoms with Gasteiger partial charge in [0, 0.05) is 5.54 Å². The van der Waals surface area contributed by atoms with Gasteiger partial charge in [0.05, 0.1) is 0 Å². The average molecular weight is 129 g/mol. The predicted octanol–water partition coefficient (Wildman–Crippen LogP) is 0.657. The molecule has 0 atom stereocenters. The monoisotopic (exact) mass is 129 g/mol. The van der Waals surface area contributed by atoms with Crippen molar-refractivity contribution in [3.63, 3.8) is 0 Å². The first-order chi connectivity index (χ1) is 3.98. The number of hydrogen-bond donors (Lipinski definition) is 2. The Labute approximate surface area is 55.6 Å². The molecule has 0 bridgehead atoms. The van der Waals surface area contributed by atoms with Crippen LogP contribution in [0.4, 0.5) is 4.79 Å². The molecule has 3 heteroatoms. The van der Waals surface area contributed by atoms with Crippen LogP contribution in [0.15, 0.2) is 0 Å². The number of rotatable bonds is 2. The Morgan fingerprint density at radius 1 is 1.78 bits per heavy atom. The molecule has 0 spiro atoms. The molecule has 0 aromatic rings. The van der Waals surface area contributed by atoms with Crippen molar-refractivity contribution < 1.29 is 4.79 Å². The van der Waals surface area contributed by atoms with Crippen LogP contribution in [0.3, 0.4) is 0 Å². The van der Waals surface area contributed by atoms with Crippen LogP contribution in [0.5, 0.6) is 0 Å². The summed E-state index contributed by atoms with van der Waals surface area (Å²) in [4.78, 5) is 10.3. The zero-order chi connectivity index (χ0) is 7.49. The molecular weight excluding hydrogens is 116 g/mol. The van der Waals surface area contributed by atoms with Crippen LogP contribution >= 0.6 is 0 Å². The molecule has 0 aliphatic heterocycles. The fraction of sp³-hybridized carbons (Fsp3) is 0.667. The number of carbonyl (C=O) groups is 1. The third-order valence-corrected chi connectivity index (χ3v) is 1.09. The minimum absolute atomic E-state index is 0.272. The van der Waals surface area contributed by atoms with Crippen LogP contribution in [0.25, 0.3) is 0 Å². The van der Waals surface area contributed by atoms with Crippen LogP contribution in [-0.4, -0.2) is 11.6 Å². The summed E-state index contributed by atoms with van der Waals surface area (Å²) in [6, 6.07) is -0.497. The number of amides is 2. The van der Waals surface area contributed by atoms with Crippen molar-refractivity contribution in [2.24, 2.45) is 5.73 Å². The maximum absolute atomic E-state index is 10.3. The first-order valence-electron chi connectivity index (χ1n) is 2.85. The molecule has 3 nitrogen and oxygen atoms in total. The third kappa shape index (κ3) is 3.82. The van der Waals surface area contributed by atoms with Crippen molar-refractivity contribution in [2.45, 2.75) is 25.8 Å². The smallest absolute Gasteiger partial charge is 0.312 e. The van der Waals surface area contributed by atoms with Gasteiger partial charge in [-0.1, -0.05) is 6.92 Å². The summed E-state index contributed by atoms with van der Waals surface area (Å²) in [5.74, 6) is 0. The van der Waals surface area contributed by atoms with E-state index in [-0.39, 0.29) is 5.54 Å². The van der Waals surface area contributed by atoms with Gasteiger partial charge >= 0.3 is 6.03 Å². The van der Waals surface area contributed by atoms with E-state index in [4.69, 9.17) is 5.73 Å². The van der Waals surface area contributed by atoms with E-state index in [1.165, 1.54) is 0 Å². The van der Waals surface area contributed by atoms with Crippen molar-refractivity contribution >= 4 is 6.03 Å². The van der Waals surface area contributed by atoms with Gasteiger partial charge in [-0.2, -0.15) is 0 Å². The molecule has 9 heavy (non-hydrogen) atoms. The van der Waals surface area contributed by atoms with Gasteiger partial charge in [0.25, 0.3) is 0 Å². The maximum atomic E-state index is 10.3. The van der Waals surface area contributed by atoms with Gasteiger partial charge in [0.1, 0.15) is 0 Å². The van der Waals surface area contributed by atoms with Crippen LogP contribution in [0.1, 0.15) is 20.3 Å². The Morgan fingerprint density at radius 3 is 2.33 bits per heavy atom. The van der Waals surface area contributed by atoms with Gasteiger partial charge in [-0.3, -0.25) is 0 Å². The highest BCUT2D eigenvalue weighted by Gasteiger charge is 2.14. The molecule has 0 fully saturated rings. The second-order valence-electron chi connectivity index (χ2n) is 2.62. The highest BCUT2D eigenvalue weighted by Crippen LogP contribution is 2.04. The topological polar surface area (TPSA) is 55.1 Å². The standard InChI is InChI=1S/C6H13N2O/c1-4-6(2,3)8-5(7)9/h1,4H2,2-3H3,(H3,7,8,9). The second kappa shape index (κ2) is 2.71. The molecule has 0 rings (SSSR count). The largest absolute Gasteiger partial charge is 0.352 e. The van der Waals surface area contributed by atoms with E-state index >= 15 is 0 Å². The summed E-state index contributed by atoms with van der Waals surface area (Å²) in [6.45, 7) is 7.37. The summed E-state index contributed by atoms with van der Waals surface area (Å²) in [5, 5.41) is 2.55. The molecule has 0 saturated heterocycles. The van der Waals surface area contributed by atoms with E-state index in [1.54, 1.807) is 0 Å². The molecule has 0 aliphatic rings. The molecular formula is C6H13N2O. The second-order valence-corrected chi connectivity index (χ2v) is 2.62. The Morgan fingerprint density at radius 2 is 2.22 bits per heavy atom. The first-order valence-corrected chi connectivity index (χ1v) is 2.85. The van der Waals surface area contributed by atoms with Crippen molar-refractivity contribution in [1.82, 2.24) is 5.32 Å². The molecule has 2 amide bonds. The first kappa shape index (κ1) is 8.27. The van der Waals surface area contributed by atoms with Crippen molar-refractivity contribution in [2.75, 3.05) is 0 Å². The lowest BCUT2D eigenvalue weighted by molar-refractivity contribution is 0.238. The van der Waals surface area contributed by atoms with Gasteiger partial charge in [0.2, 0.25) is 0 Å². The van der Waals surface area contributed by atoms with Crippen LogP contribution < -0.4 is 11.1 Å². The molecule has 0 saturated carbocycles. The fourth-order valence-electron chi connectivity index (χ4n) is 0.396. The average Bonchev–Trinajstić information content (AvgIpc) is 1.63. The Kier molecular flexibility index (Phi) is 2.49. The maximum Gasteiger partial charge on any atom is 0.312 e. The number of carbonyl (C=O) groups excluding carboxylic acids is 1. The van der Waals surface area contributed by atoms with Crippen LogP contribution in [-0.2, 0) is 0 Å². The van der Waals surface area contributed by atoms with Gasteiger partial charge < -0.3 is 11.1 Å². The zero-order valence-corrected chi connectivity index (χ0v) is 5.90. The van der Waals surface area contributed by atoms with E-state index < -0.39 is 6.03 Å². The molecule has 0 heterocycles. The third-order valence-electron chi connectivity index (χ3n) is 1.09.